The van der Waals surface area contributed by atoms with Gasteiger partial charge >= 0.3 is 5.97 Å². The lowest BCUT2D eigenvalue weighted by atomic mass is 10.1. The second-order valence-electron chi connectivity index (χ2n) is 5.70. The van der Waals surface area contributed by atoms with Crippen LogP contribution in [0, 0.1) is 5.92 Å². The van der Waals surface area contributed by atoms with E-state index in [0.29, 0.717) is 19.6 Å². The number of hydrogen-bond acceptors (Lipinski definition) is 3. The molecule has 1 aliphatic rings. The molecule has 0 radical (unpaired) electrons. The van der Waals surface area contributed by atoms with E-state index in [1.54, 1.807) is 4.90 Å². The molecule has 1 fully saturated rings. The number of carboxylic acids is 1. The second-order valence-corrected chi connectivity index (χ2v) is 5.70. The summed E-state index contributed by atoms with van der Waals surface area (Å²) in [7, 11) is 0. The number of carbonyl (C=O) groups excluding carboxylic acids is 1. The summed E-state index contributed by atoms with van der Waals surface area (Å²) >= 11 is 0. The minimum Gasteiger partial charge on any atom is -0.481 e. The van der Waals surface area contributed by atoms with Crippen molar-refractivity contribution in [3.8, 4) is 0 Å². The minimum absolute atomic E-state index is 0.0628. The van der Waals surface area contributed by atoms with E-state index in [2.05, 4.69) is 5.32 Å². The highest BCUT2D eigenvalue weighted by Gasteiger charge is 2.27. The minimum atomic E-state index is -0.780. The van der Waals surface area contributed by atoms with Crippen molar-refractivity contribution in [3.63, 3.8) is 0 Å². The first-order valence-corrected chi connectivity index (χ1v) is 6.02. The molecule has 5 heteroatoms. The van der Waals surface area contributed by atoms with Crippen LogP contribution in [0.15, 0.2) is 0 Å². The SMILES string of the molecule is CC(C)(C)NCC(=O)N1CCC(CC(=O)O)C1. The summed E-state index contributed by atoms with van der Waals surface area (Å²) in [6.45, 7) is 7.62. The molecule has 1 saturated heterocycles. The quantitative estimate of drug-likeness (QED) is 0.761. The van der Waals surface area contributed by atoms with Crippen LogP contribution >= 0.6 is 0 Å². The Morgan fingerprint density at radius 3 is 2.59 bits per heavy atom. The van der Waals surface area contributed by atoms with Gasteiger partial charge in [0.2, 0.25) is 5.91 Å². The van der Waals surface area contributed by atoms with Gasteiger partial charge in [0.1, 0.15) is 0 Å². The molecule has 5 nitrogen and oxygen atoms in total. The van der Waals surface area contributed by atoms with Gasteiger partial charge in [0, 0.05) is 25.0 Å². The van der Waals surface area contributed by atoms with Gasteiger partial charge in [-0.2, -0.15) is 0 Å². The fraction of sp³-hybridized carbons (Fsp3) is 0.833. The maximum Gasteiger partial charge on any atom is 0.303 e. The lowest BCUT2D eigenvalue weighted by molar-refractivity contribution is -0.138. The first-order valence-electron chi connectivity index (χ1n) is 6.02. The molecule has 0 spiro atoms. The van der Waals surface area contributed by atoms with Crippen LogP contribution in [0.2, 0.25) is 0 Å². The molecule has 1 heterocycles. The first-order chi connectivity index (χ1) is 7.78. The van der Waals surface area contributed by atoms with Crippen molar-refractivity contribution < 1.29 is 14.7 Å². The van der Waals surface area contributed by atoms with E-state index in [4.69, 9.17) is 5.11 Å². The topological polar surface area (TPSA) is 69.6 Å². The van der Waals surface area contributed by atoms with E-state index in [1.165, 1.54) is 0 Å². The zero-order valence-corrected chi connectivity index (χ0v) is 10.8. The van der Waals surface area contributed by atoms with E-state index in [0.717, 1.165) is 6.42 Å². The Morgan fingerprint density at radius 2 is 2.06 bits per heavy atom. The highest BCUT2D eigenvalue weighted by molar-refractivity contribution is 5.78. The van der Waals surface area contributed by atoms with Crippen LogP contribution in [-0.2, 0) is 9.59 Å². The summed E-state index contributed by atoms with van der Waals surface area (Å²) in [5.41, 5.74) is -0.0736. The zero-order chi connectivity index (χ0) is 13.1. The predicted octanol–water partition coefficient (Wildman–Crippen LogP) is 0.698. The molecule has 1 aliphatic heterocycles. The van der Waals surface area contributed by atoms with Gasteiger partial charge in [-0.15, -0.1) is 0 Å². The van der Waals surface area contributed by atoms with Crippen LogP contribution in [0.25, 0.3) is 0 Å². The van der Waals surface area contributed by atoms with E-state index in [1.807, 2.05) is 20.8 Å². The summed E-state index contributed by atoms with van der Waals surface area (Å²) in [6.07, 6.45) is 0.962. The second kappa shape index (κ2) is 5.49. The molecule has 0 aromatic carbocycles. The van der Waals surface area contributed by atoms with Crippen molar-refractivity contribution in [2.24, 2.45) is 5.92 Å². The number of hydrogen-bond donors (Lipinski definition) is 2. The van der Waals surface area contributed by atoms with Crippen LogP contribution in [0.3, 0.4) is 0 Å². The number of likely N-dealkylation sites (tertiary alicyclic amines) is 1. The van der Waals surface area contributed by atoms with E-state index < -0.39 is 5.97 Å². The molecule has 1 unspecified atom stereocenters. The Morgan fingerprint density at radius 1 is 1.41 bits per heavy atom. The van der Waals surface area contributed by atoms with Gasteiger partial charge in [0.05, 0.1) is 6.54 Å². The number of amides is 1. The lowest BCUT2D eigenvalue weighted by Crippen LogP contribution is -2.44. The number of nitrogens with zero attached hydrogens (tertiary/aromatic N) is 1. The third kappa shape index (κ3) is 5.17. The van der Waals surface area contributed by atoms with Crippen LogP contribution in [-0.4, -0.2) is 47.1 Å². The van der Waals surface area contributed by atoms with Crippen molar-refractivity contribution in [1.29, 1.82) is 0 Å². The molecular weight excluding hydrogens is 220 g/mol. The Labute approximate surface area is 102 Å². The first kappa shape index (κ1) is 14.0. The fourth-order valence-corrected chi connectivity index (χ4v) is 1.93. The third-order valence-corrected chi connectivity index (χ3v) is 2.87. The Balaban J connectivity index is 2.33. The van der Waals surface area contributed by atoms with Gasteiger partial charge in [-0.1, -0.05) is 0 Å². The molecule has 0 bridgehead atoms. The van der Waals surface area contributed by atoms with Crippen molar-refractivity contribution >= 4 is 11.9 Å². The Bertz CT molecular complexity index is 297. The molecule has 2 N–H and O–H groups in total. The highest BCUT2D eigenvalue weighted by atomic mass is 16.4. The molecule has 1 atom stereocenters. The van der Waals surface area contributed by atoms with Crippen molar-refractivity contribution in [2.75, 3.05) is 19.6 Å². The lowest BCUT2D eigenvalue weighted by Gasteiger charge is -2.23. The number of carbonyl (C=O) groups is 2. The monoisotopic (exact) mass is 242 g/mol. The molecule has 0 aromatic rings. The summed E-state index contributed by atoms with van der Waals surface area (Å²) in [5, 5.41) is 11.8. The highest BCUT2D eigenvalue weighted by Crippen LogP contribution is 2.19. The van der Waals surface area contributed by atoms with Crippen LogP contribution in [0.5, 0.6) is 0 Å². The normalized spacial score (nSPS) is 20.6. The number of nitrogens with one attached hydrogen (secondary N) is 1. The van der Waals surface area contributed by atoms with Gasteiger partial charge in [0.25, 0.3) is 0 Å². The van der Waals surface area contributed by atoms with Gasteiger partial charge in [-0.3, -0.25) is 9.59 Å². The Hall–Kier alpha value is -1.10. The fourth-order valence-electron chi connectivity index (χ4n) is 1.93. The number of rotatable bonds is 4. The van der Waals surface area contributed by atoms with Gasteiger partial charge in [-0.25, -0.2) is 0 Å². The molecule has 0 aliphatic carbocycles. The zero-order valence-electron chi connectivity index (χ0n) is 10.8. The van der Waals surface area contributed by atoms with Gasteiger partial charge in [0.15, 0.2) is 0 Å². The standard InChI is InChI=1S/C12H22N2O3/c1-12(2,3)13-7-10(15)14-5-4-9(8-14)6-11(16)17/h9,13H,4-8H2,1-3H3,(H,16,17). The molecule has 0 aromatic heterocycles. The van der Waals surface area contributed by atoms with Crippen LogP contribution < -0.4 is 5.32 Å². The predicted molar refractivity (Wildman–Crippen MR) is 64.7 cm³/mol. The van der Waals surface area contributed by atoms with Crippen molar-refractivity contribution in [2.45, 2.75) is 39.2 Å². The Kier molecular flexibility index (Phi) is 4.51. The molecule has 0 saturated carbocycles. The molecule has 17 heavy (non-hydrogen) atoms. The average molecular weight is 242 g/mol. The molecular formula is C12H22N2O3. The van der Waals surface area contributed by atoms with Crippen LogP contribution in [0.4, 0.5) is 0 Å². The maximum atomic E-state index is 11.8. The maximum absolute atomic E-state index is 11.8. The number of aliphatic carboxylic acids is 1. The summed E-state index contributed by atoms with van der Waals surface area (Å²) in [6, 6.07) is 0. The summed E-state index contributed by atoms with van der Waals surface area (Å²) < 4.78 is 0. The smallest absolute Gasteiger partial charge is 0.303 e. The van der Waals surface area contributed by atoms with Gasteiger partial charge < -0.3 is 15.3 Å². The molecule has 1 rings (SSSR count). The average Bonchev–Trinajstić information content (AvgIpc) is 2.60. The van der Waals surface area contributed by atoms with E-state index >= 15 is 0 Å². The summed E-state index contributed by atoms with van der Waals surface area (Å²) in [4.78, 5) is 24.2. The number of carboxylic acid groups (broad SMARTS) is 1. The van der Waals surface area contributed by atoms with Crippen molar-refractivity contribution in [3.05, 3.63) is 0 Å². The van der Waals surface area contributed by atoms with Crippen LogP contribution in [0.1, 0.15) is 33.6 Å². The third-order valence-electron chi connectivity index (χ3n) is 2.87. The van der Waals surface area contributed by atoms with E-state index in [-0.39, 0.29) is 23.8 Å². The van der Waals surface area contributed by atoms with Gasteiger partial charge in [-0.05, 0) is 33.1 Å². The summed E-state index contributed by atoms with van der Waals surface area (Å²) in [5.74, 6) is -0.601. The van der Waals surface area contributed by atoms with Crippen molar-refractivity contribution in [1.82, 2.24) is 10.2 Å². The van der Waals surface area contributed by atoms with E-state index in [9.17, 15) is 9.59 Å². The molecule has 1 amide bonds. The largest absolute Gasteiger partial charge is 0.481 e. The molecule has 98 valence electrons.